The lowest BCUT2D eigenvalue weighted by Crippen LogP contribution is -2.43. The first kappa shape index (κ1) is 22.9. The SMILES string of the molecule is CCOc1ccc(C(=O)CCC(=O)N2CCCC(C(=O)Nc3ccc(Br)cn3)C2)cc1. The van der Waals surface area contributed by atoms with Gasteiger partial charge in [0.05, 0.1) is 12.5 Å². The topological polar surface area (TPSA) is 88.6 Å². The molecule has 2 heterocycles. The van der Waals surface area contributed by atoms with Gasteiger partial charge < -0.3 is 15.0 Å². The van der Waals surface area contributed by atoms with Gasteiger partial charge in [-0.2, -0.15) is 0 Å². The van der Waals surface area contributed by atoms with Gasteiger partial charge in [-0.15, -0.1) is 0 Å². The molecule has 1 N–H and O–H groups in total. The number of Topliss-reactive ketones (excluding diaryl/α,β-unsaturated/α-hetero) is 1. The Morgan fingerprint density at radius 3 is 2.61 bits per heavy atom. The first-order valence-electron chi connectivity index (χ1n) is 10.4. The molecule has 0 radical (unpaired) electrons. The van der Waals surface area contributed by atoms with Crippen LogP contribution in [0.5, 0.6) is 5.75 Å². The molecule has 1 fully saturated rings. The number of piperidine rings is 1. The van der Waals surface area contributed by atoms with Gasteiger partial charge in [-0.1, -0.05) is 0 Å². The summed E-state index contributed by atoms with van der Waals surface area (Å²) >= 11 is 3.31. The number of carbonyl (C=O) groups is 3. The van der Waals surface area contributed by atoms with Crippen molar-refractivity contribution >= 4 is 39.3 Å². The van der Waals surface area contributed by atoms with Gasteiger partial charge in [0.15, 0.2) is 5.78 Å². The smallest absolute Gasteiger partial charge is 0.230 e. The number of nitrogens with zero attached hydrogens (tertiary/aromatic N) is 2. The van der Waals surface area contributed by atoms with Crippen molar-refractivity contribution in [3.05, 3.63) is 52.6 Å². The second-order valence-corrected chi connectivity index (χ2v) is 8.33. The summed E-state index contributed by atoms with van der Waals surface area (Å²) in [6.45, 7) is 3.43. The maximum atomic E-state index is 12.6. The molecule has 1 aromatic carbocycles. The zero-order valence-electron chi connectivity index (χ0n) is 17.5. The maximum absolute atomic E-state index is 12.6. The summed E-state index contributed by atoms with van der Waals surface area (Å²) in [5, 5.41) is 2.81. The maximum Gasteiger partial charge on any atom is 0.230 e. The van der Waals surface area contributed by atoms with E-state index in [9.17, 15) is 14.4 Å². The molecular formula is C23H26BrN3O4. The number of hydrogen-bond acceptors (Lipinski definition) is 5. The Bertz CT molecular complexity index is 915. The minimum Gasteiger partial charge on any atom is -0.494 e. The molecule has 1 saturated heterocycles. The summed E-state index contributed by atoms with van der Waals surface area (Å²) in [5.41, 5.74) is 0.564. The van der Waals surface area contributed by atoms with Crippen molar-refractivity contribution in [2.75, 3.05) is 25.0 Å². The van der Waals surface area contributed by atoms with E-state index in [0.717, 1.165) is 17.3 Å². The van der Waals surface area contributed by atoms with Crippen molar-refractivity contribution in [1.82, 2.24) is 9.88 Å². The highest BCUT2D eigenvalue weighted by Crippen LogP contribution is 2.20. The number of anilines is 1. The summed E-state index contributed by atoms with van der Waals surface area (Å²) < 4.78 is 6.21. The number of rotatable bonds is 8. The summed E-state index contributed by atoms with van der Waals surface area (Å²) in [6.07, 6.45) is 3.37. The van der Waals surface area contributed by atoms with Crippen LogP contribution in [0.4, 0.5) is 5.82 Å². The van der Waals surface area contributed by atoms with Crippen LogP contribution in [0.2, 0.25) is 0 Å². The molecule has 0 aliphatic carbocycles. The molecule has 3 rings (SSSR count). The fourth-order valence-corrected chi connectivity index (χ4v) is 3.76. The van der Waals surface area contributed by atoms with Gasteiger partial charge in [-0.25, -0.2) is 4.98 Å². The van der Waals surface area contributed by atoms with Gasteiger partial charge in [0.25, 0.3) is 0 Å². The standard InChI is InChI=1S/C23H26BrN3O4/c1-2-31-19-8-5-16(6-9-19)20(28)10-12-22(29)27-13-3-4-17(15-27)23(30)26-21-11-7-18(24)14-25-21/h5-9,11,14,17H,2-4,10,12-13,15H2,1H3,(H,25,26,30). The molecule has 164 valence electrons. The predicted octanol–water partition coefficient (Wildman–Crippen LogP) is 4.08. The van der Waals surface area contributed by atoms with Crippen molar-refractivity contribution in [3.63, 3.8) is 0 Å². The molecular weight excluding hydrogens is 462 g/mol. The Morgan fingerprint density at radius 2 is 1.94 bits per heavy atom. The van der Waals surface area contributed by atoms with Crippen LogP contribution in [0.25, 0.3) is 0 Å². The lowest BCUT2D eigenvalue weighted by Gasteiger charge is -2.32. The number of halogens is 1. The number of amides is 2. The van der Waals surface area contributed by atoms with Crippen LogP contribution in [-0.2, 0) is 9.59 Å². The van der Waals surface area contributed by atoms with Gasteiger partial charge in [0.2, 0.25) is 11.8 Å². The summed E-state index contributed by atoms with van der Waals surface area (Å²) in [7, 11) is 0. The van der Waals surface area contributed by atoms with E-state index in [1.165, 1.54) is 0 Å². The number of pyridine rings is 1. The van der Waals surface area contributed by atoms with Crippen LogP contribution < -0.4 is 10.1 Å². The third-order valence-corrected chi connectivity index (χ3v) is 5.65. The first-order chi connectivity index (χ1) is 15.0. The predicted molar refractivity (Wildman–Crippen MR) is 121 cm³/mol. The first-order valence-corrected chi connectivity index (χ1v) is 11.2. The molecule has 2 aromatic rings. The van der Waals surface area contributed by atoms with Crippen LogP contribution in [0.1, 0.15) is 43.0 Å². The van der Waals surface area contributed by atoms with Gasteiger partial charge >= 0.3 is 0 Å². The van der Waals surface area contributed by atoms with Gasteiger partial charge in [-0.3, -0.25) is 14.4 Å². The molecule has 7 nitrogen and oxygen atoms in total. The second kappa shape index (κ2) is 11.0. The van der Waals surface area contributed by atoms with Gasteiger partial charge in [0.1, 0.15) is 11.6 Å². The fourth-order valence-electron chi connectivity index (χ4n) is 3.52. The largest absolute Gasteiger partial charge is 0.494 e. The van der Waals surface area contributed by atoms with Crippen molar-refractivity contribution in [2.45, 2.75) is 32.6 Å². The van der Waals surface area contributed by atoms with Gasteiger partial charge in [0, 0.05) is 42.2 Å². The van der Waals surface area contributed by atoms with E-state index in [-0.39, 0.29) is 36.4 Å². The molecule has 0 bridgehead atoms. The summed E-state index contributed by atoms with van der Waals surface area (Å²) in [5.74, 6) is 0.592. The molecule has 1 aliphatic heterocycles. The van der Waals surface area contributed by atoms with Crippen molar-refractivity contribution in [2.24, 2.45) is 5.92 Å². The molecule has 1 aromatic heterocycles. The third kappa shape index (κ3) is 6.62. The van der Waals surface area contributed by atoms with Crippen molar-refractivity contribution in [3.8, 4) is 5.75 Å². The average Bonchev–Trinajstić information content (AvgIpc) is 2.79. The lowest BCUT2D eigenvalue weighted by atomic mass is 9.96. The molecule has 2 amide bonds. The number of carbonyl (C=O) groups excluding carboxylic acids is 3. The van der Waals surface area contributed by atoms with E-state index in [2.05, 4.69) is 26.2 Å². The minimum atomic E-state index is -0.287. The van der Waals surface area contributed by atoms with E-state index >= 15 is 0 Å². The summed E-state index contributed by atoms with van der Waals surface area (Å²) in [4.78, 5) is 43.5. The van der Waals surface area contributed by atoms with Crippen LogP contribution in [-0.4, -0.2) is 47.2 Å². The van der Waals surface area contributed by atoms with Crippen LogP contribution in [0.3, 0.4) is 0 Å². The number of likely N-dealkylation sites (tertiary alicyclic amines) is 1. The monoisotopic (exact) mass is 487 g/mol. The Labute approximate surface area is 190 Å². The highest BCUT2D eigenvalue weighted by Gasteiger charge is 2.28. The third-order valence-electron chi connectivity index (χ3n) is 5.18. The number of nitrogens with one attached hydrogen (secondary N) is 1. The highest BCUT2D eigenvalue weighted by molar-refractivity contribution is 9.10. The van der Waals surface area contributed by atoms with E-state index in [0.29, 0.717) is 36.8 Å². The number of ether oxygens (including phenoxy) is 1. The zero-order valence-corrected chi connectivity index (χ0v) is 19.1. The van der Waals surface area contributed by atoms with Crippen LogP contribution >= 0.6 is 15.9 Å². The van der Waals surface area contributed by atoms with E-state index < -0.39 is 0 Å². The van der Waals surface area contributed by atoms with Crippen molar-refractivity contribution in [1.29, 1.82) is 0 Å². The van der Waals surface area contributed by atoms with Gasteiger partial charge in [-0.05, 0) is 72.1 Å². The lowest BCUT2D eigenvalue weighted by molar-refractivity contribution is -0.134. The number of hydrogen-bond donors (Lipinski definition) is 1. The molecule has 1 unspecified atom stereocenters. The van der Waals surface area contributed by atoms with E-state index in [1.54, 1.807) is 47.5 Å². The molecule has 1 atom stereocenters. The number of aromatic nitrogens is 1. The Balaban J connectivity index is 1.49. The summed E-state index contributed by atoms with van der Waals surface area (Å²) in [6, 6.07) is 10.5. The highest BCUT2D eigenvalue weighted by atomic mass is 79.9. The molecule has 1 aliphatic rings. The Kier molecular flexibility index (Phi) is 8.17. The zero-order chi connectivity index (χ0) is 22.2. The second-order valence-electron chi connectivity index (χ2n) is 7.41. The fraction of sp³-hybridized carbons (Fsp3) is 0.391. The van der Waals surface area contributed by atoms with Crippen LogP contribution in [0.15, 0.2) is 47.1 Å². The Hall–Kier alpha value is -2.74. The molecule has 31 heavy (non-hydrogen) atoms. The van der Waals surface area contributed by atoms with E-state index in [1.807, 2.05) is 6.92 Å². The number of ketones is 1. The van der Waals surface area contributed by atoms with E-state index in [4.69, 9.17) is 4.74 Å². The average molecular weight is 488 g/mol. The number of benzene rings is 1. The van der Waals surface area contributed by atoms with Crippen LogP contribution in [0, 0.1) is 5.92 Å². The normalized spacial score (nSPS) is 15.9. The molecule has 0 saturated carbocycles. The quantitative estimate of drug-likeness (QED) is 0.566. The van der Waals surface area contributed by atoms with Crippen molar-refractivity contribution < 1.29 is 19.1 Å². The molecule has 0 spiro atoms. The Morgan fingerprint density at radius 1 is 1.16 bits per heavy atom. The molecule has 8 heteroatoms. The minimum absolute atomic E-state index is 0.0796.